The van der Waals surface area contributed by atoms with Crippen LogP contribution in [0, 0.1) is 11.3 Å². The molecule has 0 bridgehead atoms. The van der Waals surface area contributed by atoms with Crippen molar-refractivity contribution in [1.29, 1.82) is 0 Å². The molecule has 0 radical (unpaired) electrons. The topological polar surface area (TPSA) is 49.3 Å². The van der Waals surface area contributed by atoms with Gasteiger partial charge in [0.25, 0.3) is 0 Å². The Morgan fingerprint density at radius 1 is 1.29 bits per heavy atom. The lowest BCUT2D eigenvalue weighted by molar-refractivity contribution is -0.148. The van der Waals surface area contributed by atoms with Gasteiger partial charge < -0.3 is 10.4 Å². The Balaban J connectivity index is 2.38. The van der Waals surface area contributed by atoms with Gasteiger partial charge in [-0.05, 0) is 48.4 Å². The second-order valence-electron chi connectivity index (χ2n) is 7.07. The van der Waals surface area contributed by atoms with Gasteiger partial charge in [-0.15, -0.1) is 0 Å². The summed E-state index contributed by atoms with van der Waals surface area (Å²) in [5, 5.41) is 13.3. The number of aliphatic carboxylic acids is 1. The first-order valence-corrected chi connectivity index (χ1v) is 8.32. The summed E-state index contributed by atoms with van der Waals surface area (Å²) in [5.41, 5.74) is -0.0392. The van der Waals surface area contributed by atoms with Gasteiger partial charge in [0.2, 0.25) is 0 Å². The van der Waals surface area contributed by atoms with Crippen LogP contribution in [0.25, 0.3) is 0 Å². The molecule has 1 aliphatic rings. The number of carboxylic acids is 1. The second-order valence-corrected chi connectivity index (χ2v) is 7.99. The minimum Gasteiger partial charge on any atom is -0.479 e. The Kier molecular flexibility index (Phi) is 4.66. The summed E-state index contributed by atoms with van der Waals surface area (Å²) in [6.45, 7) is 6.43. The molecule has 1 aliphatic carbocycles. The standard InChI is InChI=1S/C17H24BrNO2/c1-16(2,3)14-6-4-5-11-17(14,15(20)21)19-13-9-7-12(18)8-10-13/h7-10,14,19H,4-6,11H2,1-3H3,(H,20,21). The van der Waals surface area contributed by atoms with Gasteiger partial charge in [0.05, 0.1) is 0 Å². The van der Waals surface area contributed by atoms with E-state index in [-0.39, 0.29) is 11.3 Å². The molecule has 1 fully saturated rings. The quantitative estimate of drug-likeness (QED) is 0.810. The fraction of sp³-hybridized carbons (Fsp3) is 0.588. The molecule has 116 valence electrons. The van der Waals surface area contributed by atoms with E-state index >= 15 is 0 Å². The Morgan fingerprint density at radius 3 is 2.43 bits per heavy atom. The van der Waals surface area contributed by atoms with Crippen LogP contribution in [0.4, 0.5) is 5.69 Å². The van der Waals surface area contributed by atoms with Crippen LogP contribution in [0.5, 0.6) is 0 Å². The molecule has 0 aromatic heterocycles. The fourth-order valence-electron chi connectivity index (χ4n) is 3.59. The first-order chi connectivity index (χ1) is 9.75. The number of halogens is 1. The molecule has 0 saturated heterocycles. The lowest BCUT2D eigenvalue weighted by Crippen LogP contribution is -2.58. The molecule has 2 rings (SSSR count). The minimum atomic E-state index is -0.871. The Bertz CT molecular complexity index is 507. The maximum absolute atomic E-state index is 12.1. The first-order valence-electron chi connectivity index (χ1n) is 7.53. The average molecular weight is 354 g/mol. The summed E-state index contributed by atoms with van der Waals surface area (Å²) in [6.07, 6.45) is 3.71. The van der Waals surface area contributed by atoms with E-state index in [1.807, 2.05) is 24.3 Å². The van der Waals surface area contributed by atoms with Gasteiger partial charge in [0.1, 0.15) is 5.54 Å². The predicted molar refractivity (Wildman–Crippen MR) is 89.5 cm³/mol. The maximum Gasteiger partial charge on any atom is 0.329 e. The summed E-state index contributed by atoms with van der Waals surface area (Å²) >= 11 is 3.41. The average Bonchev–Trinajstić information content (AvgIpc) is 2.40. The molecule has 1 aromatic rings. The normalized spacial score (nSPS) is 26.4. The zero-order valence-corrected chi connectivity index (χ0v) is 14.5. The van der Waals surface area contributed by atoms with Crippen LogP contribution in [0.1, 0.15) is 46.5 Å². The van der Waals surface area contributed by atoms with Gasteiger partial charge >= 0.3 is 5.97 Å². The monoisotopic (exact) mass is 353 g/mol. The van der Waals surface area contributed by atoms with Gasteiger partial charge in [-0.25, -0.2) is 4.79 Å². The van der Waals surface area contributed by atoms with E-state index in [1.165, 1.54) is 0 Å². The highest BCUT2D eigenvalue weighted by Gasteiger charge is 2.51. The van der Waals surface area contributed by atoms with Crippen LogP contribution in [0.15, 0.2) is 28.7 Å². The number of rotatable bonds is 3. The molecule has 2 atom stereocenters. The van der Waals surface area contributed by atoms with Crippen molar-refractivity contribution in [2.45, 2.75) is 52.0 Å². The smallest absolute Gasteiger partial charge is 0.329 e. The predicted octanol–water partition coefficient (Wildman–Crippen LogP) is 4.92. The molecular formula is C17H24BrNO2. The molecule has 1 saturated carbocycles. The van der Waals surface area contributed by atoms with Gasteiger partial charge in [-0.2, -0.15) is 0 Å². The molecule has 4 heteroatoms. The Labute approximate surface area is 135 Å². The highest BCUT2D eigenvalue weighted by molar-refractivity contribution is 9.10. The number of carboxylic acid groups (broad SMARTS) is 1. The Morgan fingerprint density at radius 2 is 1.90 bits per heavy atom. The molecule has 0 heterocycles. The van der Waals surface area contributed by atoms with Crippen molar-refractivity contribution < 1.29 is 9.90 Å². The third kappa shape index (κ3) is 3.42. The van der Waals surface area contributed by atoms with Crippen molar-refractivity contribution in [2.24, 2.45) is 11.3 Å². The molecule has 21 heavy (non-hydrogen) atoms. The number of anilines is 1. The molecule has 0 spiro atoms. The summed E-state index contributed by atoms with van der Waals surface area (Å²) in [6, 6.07) is 7.74. The number of hydrogen-bond donors (Lipinski definition) is 2. The van der Waals surface area contributed by atoms with Crippen LogP contribution in [-0.2, 0) is 4.79 Å². The largest absolute Gasteiger partial charge is 0.479 e. The highest BCUT2D eigenvalue weighted by atomic mass is 79.9. The van der Waals surface area contributed by atoms with Crippen molar-refractivity contribution in [3.63, 3.8) is 0 Å². The fourth-order valence-corrected chi connectivity index (χ4v) is 3.86. The van der Waals surface area contributed by atoms with Gasteiger partial charge in [-0.1, -0.05) is 49.5 Å². The number of hydrogen-bond acceptors (Lipinski definition) is 2. The molecular weight excluding hydrogens is 330 g/mol. The van der Waals surface area contributed by atoms with Crippen molar-refractivity contribution in [2.75, 3.05) is 5.32 Å². The molecule has 0 amide bonds. The van der Waals surface area contributed by atoms with Crippen LogP contribution >= 0.6 is 15.9 Å². The summed E-state index contributed by atoms with van der Waals surface area (Å²) in [7, 11) is 0. The highest BCUT2D eigenvalue weighted by Crippen LogP contribution is 2.46. The second kappa shape index (κ2) is 5.99. The van der Waals surface area contributed by atoms with Crippen LogP contribution in [0.3, 0.4) is 0 Å². The van der Waals surface area contributed by atoms with Crippen molar-refractivity contribution in [3.05, 3.63) is 28.7 Å². The lowest BCUT2D eigenvalue weighted by Gasteiger charge is -2.48. The van der Waals surface area contributed by atoms with Crippen LogP contribution in [0.2, 0.25) is 0 Å². The van der Waals surface area contributed by atoms with E-state index in [0.717, 1.165) is 29.4 Å². The zero-order chi connectivity index (χ0) is 15.7. The maximum atomic E-state index is 12.1. The van der Waals surface area contributed by atoms with E-state index < -0.39 is 11.5 Å². The number of nitrogens with one attached hydrogen (secondary N) is 1. The third-order valence-electron chi connectivity index (χ3n) is 4.55. The summed E-state index contributed by atoms with van der Waals surface area (Å²) in [5.74, 6) is -0.620. The van der Waals surface area contributed by atoms with E-state index in [0.29, 0.717) is 6.42 Å². The zero-order valence-electron chi connectivity index (χ0n) is 12.9. The van der Waals surface area contributed by atoms with Crippen LogP contribution in [-0.4, -0.2) is 16.6 Å². The lowest BCUT2D eigenvalue weighted by atomic mass is 9.62. The SMILES string of the molecule is CC(C)(C)C1CCCCC1(Nc1ccc(Br)cc1)C(=O)O. The van der Waals surface area contributed by atoms with Gasteiger partial charge in [-0.3, -0.25) is 0 Å². The van der Waals surface area contributed by atoms with Crippen molar-refractivity contribution in [3.8, 4) is 0 Å². The van der Waals surface area contributed by atoms with E-state index in [4.69, 9.17) is 0 Å². The van der Waals surface area contributed by atoms with E-state index in [1.54, 1.807) is 0 Å². The molecule has 0 aliphatic heterocycles. The molecule has 2 N–H and O–H groups in total. The van der Waals surface area contributed by atoms with Crippen LogP contribution < -0.4 is 5.32 Å². The van der Waals surface area contributed by atoms with E-state index in [9.17, 15) is 9.90 Å². The first kappa shape index (κ1) is 16.3. The molecule has 1 aromatic carbocycles. The van der Waals surface area contributed by atoms with Crippen molar-refractivity contribution >= 4 is 27.6 Å². The van der Waals surface area contributed by atoms with E-state index in [2.05, 4.69) is 42.0 Å². The van der Waals surface area contributed by atoms with Gasteiger partial charge in [0.15, 0.2) is 0 Å². The third-order valence-corrected chi connectivity index (χ3v) is 5.08. The summed E-state index contributed by atoms with van der Waals surface area (Å²) < 4.78 is 0.994. The number of carbonyl (C=O) groups is 1. The Hall–Kier alpha value is -1.03. The molecule has 3 nitrogen and oxygen atoms in total. The molecule has 2 unspecified atom stereocenters. The van der Waals surface area contributed by atoms with Crippen molar-refractivity contribution in [1.82, 2.24) is 0 Å². The summed E-state index contributed by atoms with van der Waals surface area (Å²) in [4.78, 5) is 12.1. The number of benzene rings is 1. The minimum absolute atomic E-state index is 0.0405. The van der Waals surface area contributed by atoms with Gasteiger partial charge in [0, 0.05) is 10.2 Å².